The summed E-state index contributed by atoms with van der Waals surface area (Å²) >= 11 is 1.66. The van der Waals surface area contributed by atoms with Crippen LogP contribution in [0.4, 0.5) is 5.69 Å². The first-order chi connectivity index (χ1) is 15.3. The molecule has 0 amide bonds. The first-order valence-electron chi connectivity index (χ1n) is 9.90. The monoisotopic (exact) mass is 459 g/mol. The highest BCUT2D eigenvalue weighted by molar-refractivity contribution is 7.14. The molecule has 2 aromatic rings. The lowest BCUT2D eigenvalue weighted by atomic mass is 10.2. The number of piperazine rings is 1. The van der Waals surface area contributed by atoms with E-state index in [0.29, 0.717) is 23.7 Å². The smallest absolute Gasteiger partial charge is 0.328 e. The highest BCUT2D eigenvalue weighted by Gasteiger charge is 2.27. The first-order valence-corrected chi connectivity index (χ1v) is 10.7. The Morgan fingerprint density at radius 2 is 1.81 bits per heavy atom. The second-order valence-electron chi connectivity index (χ2n) is 7.20. The fourth-order valence-corrected chi connectivity index (χ4v) is 4.10. The molecule has 1 saturated heterocycles. The van der Waals surface area contributed by atoms with Gasteiger partial charge in [0.05, 0.1) is 12.7 Å². The summed E-state index contributed by atoms with van der Waals surface area (Å²) in [5.74, 6) is -0.0886. The van der Waals surface area contributed by atoms with E-state index in [1.54, 1.807) is 18.4 Å². The highest BCUT2D eigenvalue weighted by Crippen LogP contribution is 2.46. The summed E-state index contributed by atoms with van der Waals surface area (Å²) in [6.07, 6.45) is 1.12. The van der Waals surface area contributed by atoms with Gasteiger partial charge in [-0.05, 0) is 32.2 Å². The number of hydrogen-bond acceptors (Lipinski definition) is 8. The summed E-state index contributed by atoms with van der Waals surface area (Å²) < 4.78 is 11.7. The summed E-state index contributed by atoms with van der Waals surface area (Å²) in [6, 6.07) is 8.03. The molecule has 1 fully saturated rings. The van der Waals surface area contributed by atoms with Gasteiger partial charge in [0.2, 0.25) is 0 Å². The number of rotatable bonds is 3. The number of methoxy groups -OCH3 is 1. The first kappa shape index (κ1) is 23.3. The molecule has 2 N–H and O–H groups in total. The number of aliphatic carboxylic acids is 2. The fourth-order valence-electron chi connectivity index (χ4n) is 3.25. The number of para-hydroxylation sites is 1. The number of carbonyl (C=O) groups is 2. The Balaban J connectivity index is 0.000000312. The molecule has 9 nitrogen and oxygen atoms in total. The van der Waals surface area contributed by atoms with E-state index in [1.807, 2.05) is 18.2 Å². The lowest BCUT2D eigenvalue weighted by molar-refractivity contribution is -0.134. The van der Waals surface area contributed by atoms with Crippen LogP contribution in [0.1, 0.15) is 10.4 Å². The van der Waals surface area contributed by atoms with Gasteiger partial charge in [0.1, 0.15) is 11.5 Å². The van der Waals surface area contributed by atoms with Crippen LogP contribution in [0.25, 0.3) is 0 Å². The van der Waals surface area contributed by atoms with Gasteiger partial charge in [-0.25, -0.2) is 14.6 Å². The van der Waals surface area contributed by atoms with Crippen molar-refractivity contribution in [3.63, 3.8) is 0 Å². The van der Waals surface area contributed by atoms with Crippen LogP contribution < -0.4 is 9.47 Å². The number of carboxylic acids is 2. The number of ether oxygens (including phenoxy) is 2. The van der Waals surface area contributed by atoms with Crippen LogP contribution in [-0.2, 0) is 9.59 Å². The molecule has 0 radical (unpaired) electrons. The van der Waals surface area contributed by atoms with Crippen LogP contribution >= 0.6 is 11.3 Å². The summed E-state index contributed by atoms with van der Waals surface area (Å²) in [6.45, 7) is 6.14. The van der Waals surface area contributed by atoms with Gasteiger partial charge >= 0.3 is 11.9 Å². The molecule has 0 saturated carbocycles. The van der Waals surface area contributed by atoms with Crippen molar-refractivity contribution in [1.29, 1.82) is 0 Å². The van der Waals surface area contributed by atoms with Crippen molar-refractivity contribution in [2.45, 2.75) is 6.92 Å². The average molecular weight is 460 g/mol. The summed E-state index contributed by atoms with van der Waals surface area (Å²) in [7, 11) is 3.82. The number of fused-ring (bicyclic) bond motifs is 2. The molecule has 0 atom stereocenters. The predicted molar refractivity (Wildman–Crippen MR) is 122 cm³/mol. The van der Waals surface area contributed by atoms with Gasteiger partial charge in [-0.1, -0.05) is 6.07 Å². The number of amidine groups is 1. The molecular formula is C22H25N3O6S. The molecule has 0 spiro atoms. The zero-order valence-corrected chi connectivity index (χ0v) is 18.9. The van der Waals surface area contributed by atoms with Crippen molar-refractivity contribution in [3.8, 4) is 16.6 Å². The van der Waals surface area contributed by atoms with Gasteiger partial charge in [-0.3, -0.25) is 0 Å². The predicted octanol–water partition coefficient (Wildman–Crippen LogP) is 3.21. The van der Waals surface area contributed by atoms with Crippen molar-refractivity contribution < 1.29 is 29.3 Å². The molecule has 0 aliphatic carbocycles. The minimum absolute atomic E-state index is 0.558. The van der Waals surface area contributed by atoms with Crippen LogP contribution in [0.5, 0.6) is 16.6 Å². The van der Waals surface area contributed by atoms with Crippen LogP contribution in [-0.4, -0.2) is 78.1 Å². The molecule has 170 valence electrons. The minimum Gasteiger partial charge on any atom is -0.493 e. The maximum atomic E-state index is 9.55. The number of thiophene rings is 1. The number of nitrogens with zero attached hydrogens (tertiary/aromatic N) is 3. The molecule has 0 bridgehead atoms. The van der Waals surface area contributed by atoms with E-state index < -0.39 is 11.9 Å². The molecule has 2 aliphatic rings. The van der Waals surface area contributed by atoms with E-state index in [0.717, 1.165) is 48.3 Å². The summed E-state index contributed by atoms with van der Waals surface area (Å²) in [4.78, 5) is 30.0. The largest absolute Gasteiger partial charge is 0.493 e. The standard InChI is InChI=1S/C18H21N3O2S.C4H4O4/c1-12-11-13-17(21-9-7-20(2)8-10-21)19-14-5-4-6-15(22-3)16(14)23-18(13)24-12;5-3(6)1-2-4(7)8/h4-6,11H,7-10H2,1-3H3;1-2H,(H,5,6)(H,7,8). The Morgan fingerprint density at radius 3 is 2.41 bits per heavy atom. The summed E-state index contributed by atoms with van der Waals surface area (Å²) in [5.41, 5.74) is 1.91. The van der Waals surface area contributed by atoms with Gasteiger partial charge in [-0.15, -0.1) is 11.3 Å². The Bertz CT molecular complexity index is 1040. The Hall–Kier alpha value is -3.37. The fraction of sp³-hybridized carbons (Fsp3) is 0.318. The van der Waals surface area contributed by atoms with Crippen LogP contribution in [0.15, 0.2) is 41.4 Å². The lowest BCUT2D eigenvalue weighted by Gasteiger charge is -2.34. The Kier molecular flexibility index (Phi) is 7.49. The van der Waals surface area contributed by atoms with E-state index in [2.05, 4.69) is 29.8 Å². The molecule has 2 aliphatic heterocycles. The number of aryl methyl sites for hydroxylation is 1. The lowest BCUT2D eigenvalue weighted by Crippen LogP contribution is -2.47. The quantitative estimate of drug-likeness (QED) is 0.673. The topological polar surface area (TPSA) is 112 Å². The van der Waals surface area contributed by atoms with Crippen LogP contribution in [0.3, 0.4) is 0 Å². The van der Waals surface area contributed by atoms with E-state index in [1.165, 1.54) is 4.88 Å². The zero-order chi connectivity index (χ0) is 23.3. The number of hydrogen-bond donors (Lipinski definition) is 2. The minimum atomic E-state index is -1.26. The number of carboxylic acid groups (broad SMARTS) is 2. The van der Waals surface area contributed by atoms with Gasteiger partial charge < -0.3 is 29.5 Å². The number of benzene rings is 1. The summed E-state index contributed by atoms with van der Waals surface area (Å²) in [5, 5.41) is 16.5. The third kappa shape index (κ3) is 5.65. The SMILES string of the molecule is COc1cccc2c1Oc1sc(C)cc1C(N1CCN(C)CC1)=N2.O=C(O)C=CC(=O)O. The van der Waals surface area contributed by atoms with Crippen molar-refractivity contribution in [3.05, 3.63) is 46.9 Å². The normalized spacial score (nSPS) is 15.5. The second-order valence-corrected chi connectivity index (χ2v) is 8.42. The molecule has 0 unspecified atom stereocenters. The van der Waals surface area contributed by atoms with Gasteiger partial charge in [-0.2, -0.15) is 0 Å². The van der Waals surface area contributed by atoms with Crippen LogP contribution in [0.2, 0.25) is 0 Å². The average Bonchev–Trinajstić information content (AvgIpc) is 3.04. The Morgan fingerprint density at radius 1 is 1.16 bits per heavy atom. The maximum absolute atomic E-state index is 9.55. The molecule has 10 heteroatoms. The zero-order valence-electron chi connectivity index (χ0n) is 18.1. The van der Waals surface area contributed by atoms with Gasteiger partial charge in [0.15, 0.2) is 16.6 Å². The highest BCUT2D eigenvalue weighted by atomic mass is 32.1. The molecule has 4 rings (SSSR count). The third-order valence-electron chi connectivity index (χ3n) is 4.83. The van der Waals surface area contributed by atoms with Crippen molar-refractivity contribution in [2.75, 3.05) is 40.3 Å². The van der Waals surface area contributed by atoms with Crippen LogP contribution in [0, 0.1) is 6.92 Å². The number of aliphatic imine (C=N–C) groups is 1. The van der Waals surface area contributed by atoms with E-state index in [-0.39, 0.29) is 0 Å². The maximum Gasteiger partial charge on any atom is 0.328 e. The molecule has 1 aromatic heterocycles. The number of likely N-dealkylation sites (N-methyl/N-ethyl adjacent to an activating group) is 1. The molecule has 32 heavy (non-hydrogen) atoms. The van der Waals surface area contributed by atoms with Crippen molar-refractivity contribution in [2.24, 2.45) is 4.99 Å². The Labute approximate surface area is 189 Å². The third-order valence-corrected chi connectivity index (χ3v) is 5.76. The van der Waals surface area contributed by atoms with Gasteiger partial charge in [0.25, 0.3) is 0 Å². The molecular weight excluding hydrogens is 434 g/mol. The van der Waals surface area contributed by atoms with Gasteiger partial charge in [0, 0.05) is 43.2 Å². The van der Waals surface area contributed by atoms with Crippen molar-refractivity contribution >= 4 is 34.8 Å². The second kappa shape index (κ2) is 10.3. The van der Waals surface area contributed by atoms with E-state index in [4.69, 9.17) is 24.7 Å². The molecule has 1 aromatic carbocycles. The van der Waals surface area contributed by atoms with E-state index >= 15 is 0 Å². The van der Waals surface area contributed by atoms with E-state index in [9.17, 15) is 9.59 Å². The van der Waals surface area contributed by atoms with Crippen molar-refractivity contribution in [1.82, 2.24) is 9.80 Å². The molecule has 3 heterocycles.